The average Bonchev–Trinajstić information content (AvgIpc) is 2.54. The Balaban J connectivity index is 1.95. The van der Waals surface area contributed by atoms with Crippen molar-refractivity contribution < 1.29 is 9.47 Å². The topological polar surface area (TPSA) is 76.7 Å². The lowest BCUT2D eigenvalue weighted by atomic mass is 10.3. The molecule has 0 radical (unpaired) electrons. The molecule has 2 N–H and O–H groups in total. The molecule has 0 atom stereocenters. The summed E-state index contributed by atoms with van der Waals surface area (Å²) >= 11 is 0. The molecule has 2 rings (SSSR count). The molecule has 0 fully saturated rings. The van der Waals surface area contributed by atoms with Crippen molar-refractivity contribution in [1.29, 1.82) is 0 Å². The van der Waals surface area contributed by atoms with Gasteiger partial charge in [0.2, 0.25) is 5.95 Å². The van der Waals surface area contributed by atoms with E-state index in [9.17, 15) is 0 Å². The Morgan fingerprint density at radius 2 is 1.74 bits per heavy atom. The molecule has 0 bridgehead atoms. The minimum absolute atomic E-state index is 0.256. The monoisotopic (exact) mass is 317 g/mol. The fourth-order valence-electron chi connectivity index (χ4n) is 1.97. The van der Waals surface area contributed by atoms with Crippen LogP contribution in [0.5, 0.6) is 11.5 Å². The van der Waals surface area contributed by atoms with E-state index in [0.717, 1.165) is 23.1 Å². The van der Waals surface area contributed by atoms with Crippen LogP contribution in [0, 0.1) is 0 Å². The molecule has 0 aliphatic rings. The van der Waals surface area contributed by atoms with Gasteiger partial charge in [-0.25, -0.2) is 0 Å². The van der Waals surface area contributed by atoms with Gasteiger partial charge < -0.3 is 25.0 Å². The second-order valence-electron chi connectivity index (χ2n) is 5.29. The van der Waals surface area contributed by atoms with Gasteiger partial charge in [-0.05, 0) is 12.1 Å². The molecule has 0 aliphatic carbocycles. The first-order valence-electron chi connectivity index (χ1n) is 7.29. The summed E-state index contributed by atoms with van der Waals surface area (Å²) in [7, 11) is 7.40. The molecule has 1 heterocycles. The molecule has 124 valence electrons. The van der Waals surface area contributed by atoms with Crippen molar-refractivity contribution in [3.8, 4) is 11.5 Å². The number of methoxy groups -OCH3 is 1. The predicted octanol–water partition coefficient (Wildman–Crippen LogP) is 1.65. The van der Waals surface area contributed by atoms with Crippen molar-refractivity contribution in [2.45, 2.75) is 0 Å². The van der Waals surface area contributed by atoms with Crippen LogP contribution in [-0.4, -0.2) is 51.4 Å². The maximum Gasteiger partial charge on any atom is 0.223 e. The smallest absolute Gasteiger partial charge is 0.223 e. The Labute approximate surface area is 136 Å². The fraction of sp³-hybridized carbons (Fsp3) is 0.375. The lowest BCUT2D eigenvalue weighted by Gasteiger charge is -2.20. The average molecular weight is 317 g/mol. The Morgan fingerprint density at radius 3 is 2.43 bits per heavy atom. The number of rotatable bonds is 7. The first kappa shape index (κ1) is 16.7. The minimum atomic E-state index is 0.256. The van der Waals surface area contributed by atoms with Gasteiger partial charge in [0.15, 0.2) is 0 Å². The SMILES string of the molecule is COc1cccc(OCCN(C)c2cc(N(C)C)nc(N)n2)c1. The summed E-state index contributed by atoms with van der Waals surface area (Å²) in [4.78, 5) is 12.3. The van der Waals surface area contributed by atoms with Crippen molar-refractivity contribution in [1.82, 2.24) is 9.97 Å². The van der Waals surface area contributed by atoms with Crippen LogP contribution in [0.25, 0.3) is 0 Å². The van der Waals surface area contributed by atoms with E-state index in [-0.39, 0.29) is 5.95 Å². The first-order chi connectivity index (χ1) is 11.0. The zero-order chi connectivity index (χ0) is 16.8. The largest absolute Gasteiger partial charge is 0.497 e. The van der Waals surface area contributed by atoms with Gasteiger partial charge >= 0.3 is 0 Å². The van der Waals surface area contributed by atoms with Crippen LogP contribution in [0.4, 0.5) is 17.6 Å². The standard InChI is InChI=1S/C16H23N5O2/c1-20(2)14-11-15(19-16(17)18-14)21(3)8-9-23-13-7-5-6-12(10-13)22-4/h5-7,10-11H,8-9H2,1-4H3,(H2,17,18,19). The van der Waals surface area contributed by atoms with Gasteiger partial charge in [-0.3, -0.25) is 0 Å². The summed E-state index contributed by atoms with van der Waals surface area (Å²) < 4.78 is 10.9. The number of anilines is 3. The Bertz CT molecular complexity index is 648. The molecule has 0 aliphatic heterocycles. The Kier molecular flexibility index (Phi) is 5.46. The minimum Gasteiger partial charge on any atom is -0.497 e. The molecule has 0 spiro atoms. The first-order valence-corrected chi connectivity index (χ1v) is 7.29. The summed E-state index contributed by atoms with van der Waals surface area (Å²) in [6.45, 7) is 1.19. The number of nitrogens with zero attached hydrogens (tertiary/aromatic N) is 4. The van der Waals surface area contributed by atoms with Crippen LogP contribution < -0.4 is 25.0 Å². The van der Waals surface area contributed by atoms with Gasteiger partial charge in [0.25, 0.3) is 0 Å². The third-order valence-corrected chi connectivity index (χ3v) is 3.30. The van der Waals surface area contributed by atoms with Gasteiger partial charge in [-0.1, -0.05) is 6.07 Å². The van der Waals surface area contributed by atoms with Gasteiger partial charge in [0.05, 0.1) is 13.7 Å². The molecule has 7 nitrogen and oxygen atoms in total. The molecular weight excluding hydrogens is 294 g/mol. The van der Waals surface area contributed by atoms with Crippen molar-refractivity contribution in [2.24, 2.45) is 0 Å². The molecular formula is C16H23N5O2. The molecule has 7 heteroatoms. The van der Waals surface area contributed by atoms with E-state index < -0.39 is 0 Å². The van der Waals surface area contributed by atoms with Crippen LogP contribution in [0.1, 0.15) is 0 Å². The zero-order valence-corrected chi connectivity index (χ0v) is 14.0. The molecule has 2 aromatic rings. The predicted molar refractivity (Wildman–Crippen MR) is 92.5 cm³/mol. The summed E-state index contributed by atoms with van der Waals surface area (Å²) in [6.07, 6.45) is 0. The highest BCUT2D eigenvalue weighted by atomic mass is 16.5. The highest BCUT2D eigenvalue weighted by Crippen LogP contribution is 2.20. The number of nitrogens with two attached hydrogens (primary N) is 1. The third-order valence-electron chi connectivity index (χ3n) is 3.30. The van der Waals surface area contributed by atoms with E-state index in [2.05, 4.69) is 9.97 Å². The summed E-state index contributed by atoms with van der Waals surface area (Å²) in [5, 5.41) is 0. The van der Waals surface area contributed by atoms with Crippen molar-refractivity contribution in [3.05, 3.63) is 30.3 Å². The van der Waals surface area contributed by atoms with Crippen molar-refractivity contribution in [2.75, 3.05) is 56.9 Å². The Hall–Kier alpha value is -2.70. The summed E-state index contributed by atoms with van der Waals surface area (Å²) in [6, 6.07) is 9.42. The molecule has 0 saturated heterocycles. The van der Waals surface area contributed by atoms with E-state index in [1.54, 1.807) is 7.11 Å². The van der Waals surface area contributed by atoms with Gasteiger partial charge in [0.1, 0.15) is 29.7 Å². The highest BCUT2D eigenvalue weighted by Gasteiger charge is 2.08. The summed E-state index contributed by atoms with van der Waals surface area (Å²) in [5.74, 6) is 3.33. The number of nitrogen functional groups attached to an aromatic ring is 1. The highest BCUT2D eigenvalue weighted by molar-refractivity contribution is 5.53. The van der Waals surface area contributed by atoms with Crippen LogP contribution in [-0.2, 0) is 0 Å². The Morgan fingerprint density at radius 1 is 1.04 bits per heavy atom. The number of ether oxygens (including phenoxy) is 2. The van der Waals surface area contributed by atoms with Crippen LogP contribution >= 0.6 is 0 Å². The number of hydrogen-bond acceptors (Lipinski definition) is 7. The van der Waals surface area contributed by atoms with Crippen LogP contribution in [0.2, 0.25) is 0 Å². The maximum absolute atomic E-state index is 5.77. The van der Waals surface area contributed by atoms with Crippen LogP contribution in [0.15, 0.2) is 30.3 Å². The molecule has 1 aromatic heterocycles. The molecule has 0 unspecified atom stereocenters. The normalized spacial score (nSPS) is 10.3. The lowest BCUT2D eigenvalue weighted by Crippen LogP contribution is -2.25. The summed E-state index contributed by atoms with van der Waals surface area (Å²) in [5.41, 5.74) is 5.77. The van der Waals surface area contributed by atoms with E-state index in [1.807, 2.05) is 61.3 Å². The second kappa shape index (κ2) is 7.53. The van der Waals surface area contributed by atoms with Gasteiger partial charge in [-0.2, -0.15) is 9.97 Å². The van der Waals surface area contributed by atoms with Crippen molar-refractivity contribution in [3.63, 3.8) is 0 Å². The molecule has 0 saturated carbocycles. The third kappa shape index (κ3) is 4.64. The zero-order valence-electron chi connectivity index (χ0n) is 14.0. The van der Waals surface area contributed by atoms with E-state index in [1.165, 1.54) is 0 Å². The van der Waals surface area contributed by atoms with Crippen LogP contribution in [0.3, 0.4) is 0 Å². The van der Waals surface area contributed by atoms with Gasteiger partial charge in [0, 0.05) is 33.3 Å². The van der Waals surface area contributed by atoms with E-state index >= 15 is 0 Å². The number of likely N-dealkylation sites (N-methyl/N-ethyl adjacent to an activating group) is 1. The van der Waals surface area contributed by atoms with Crippen molar-refractivity contribution >= 4 is 17.6 Å². The molecule has 0 amide bonds. The van der Waals surface area contributed by atoms with E-state index in [4.69, 9.17) is 15.2 Å². The number of hydrogen-bond donors (Lipinski definition) is 1. The lowest BCUT2D eigenvalue weighted by molar-refractivity contribution is 0.322. The molecule has 1 aromatic carbocycles. The number of benzene rings is 1. The fourth-order valence-corrected chi connectivity index (χ4v) is 1.97. The quantitative estimate of drug-likeness (QED) is 0.832. The second-order valence-corrected chi connectivity index (χ2v) is 5.29. The van der Waals surface area contributed by atoms with E-state index in [0.29, 0.717) is 13.2 Å². The maximum atomic E-state index is 5.77. The molecule has 23 heavy (non-hydrogen) atoms. The van der Waals surface area contributed by atoms with Gasteiger partial charge in [-0.15, -0.1) is 0 Å². The number of aromatic nitrogens is 2.